The SMILES string of the molecule is OC1CCc2cc(OCCN3CCCC3)ccc21. The molecule has 1 unspecified atom stereocenters. The second-order valence-corrected chi connectivity index (χ2v) is 5.31. The Kier molecular flexibility index (Phi) is 3.52. The number of hydrogen-bond donors (Lipinski definition) is 1. The van der Waals surface area contributed by atoms with Gasteiger partial charge >= 0.3 is 0 Å². The molecule has 0 spiro atoms. The van der Waals surface area contributed by atoms with Crippen molar-refractivity contribution in [2.45, 2.75) is 31.8 Å². The van der Waals surface area contributed by atoms with E-state index in [0.29, 0.717) is 0 Å². The van der Waals surface area contributed by atoms with Crippen LogP contribution >= 0.6 is 0 Å². The van der Waals surface area contributed by atoms with Gasteiger partial charge in [-0.05, 0) is 62.0 Å². The maximum absolute atomic E-state index is 9.74. The van der Waals surface area contributed by atoms with Crippen LogP contribution in [0.1, 0.15) is 36.5 Å². The average Bonchev–Trinajstić information content (AvgIpc) is 3.00. The van der Waals surface area contributed by atoms with E-state index in [0.717, 1.165) is 37.3 Å². The Morgan fingerprint density at radius 3 is 2.94 bits per heavy atom. The molecule has 1 atom stereocenters. The van der Waals surface area contributed by atoms with E-state index < -0.39 is 0 Å². The normalized spacial score (nSPS) is 23.3. The van der Waals surface area contributed by atoms with E-state index in [-0.39, 0.29) is 6.10 Å². The van der Waals surface area contributed by atoms with Crippen LogP contribution in [-0.2, 0) is 6.42 Å². The quantitative estimate of drug-likeness (QED) is 0.885. The van der Waals surface area contributed by atoms with Crippen molar-refractivity contribution >= 4 is 0 Å². The number of fused-ring (bicyclic) bond motifs is 1. The van der Waals surface area contributed by atoms with Crippen LogP contribution in [0.3, 0.4) is 0 Å². The molecular formula is C15H21NO2. The number of benzene rings is 1. The van der Waals surface area contributed by atoms with Gasteiger partial charge < -0.3 is 9.84 Å². The van der Waals surface area contributed by atoms with Crippen molar-refractivity contribution in [3.05, 3.63) is 29.3 Å². The summed E-state index contributed by atoms with van der Waals surface area (Å²) in [6, 6.07) is 6.09. The molecule has 0 radical (unpaired) electrons. The Bertz CT molecular complexity index is 413. The van der Waals surface area contributed by atoms with E-state index in [4.69, 9.17) is 4.74 Å². The van der Waals surface area contributed by atoms with Gasteiger partial charge in [0.25, 0.3) is 0 Å². The maximum Gasteiger partial charge on any atom is 0.119 e. The largest absolute Gasteiger partial charge is 0.492 e. The van der Waals surface area contributed by atoms with Crippen LogP contribution < -0.4 is 4.74 Å². The van der Waals surface area contributed by atoms with E-state index in [1.807, 2.05) is 12.1 Å². The molecule has 1 aliphatic heterocycles. The van der Waals surface area contributed by atoms with Gasteiger partial charge in [0.2, 0.25) is 0 Å². The first-order valence-electron chi connectivity index (χ1n) is 6.99. The summed E-state index contributed by atoms with van der Waals surface area (Å²) in [5, 5.41) is 9.74. The lowest BCUT2D eigenvalue weighted by Crippen LogP contribution is -2.25. The van der Waals surface area contributed by atoms with Crippen LogP contribution in [0.5, 0.6) is 5.75 Å². The van der Waals surface area contributed by atoms with Gasteiger partial charge in [-0.2, -0.15) is 0 Å². The molecule has 3 heteroatoms. The molecule has 0 bridgehead atoms. The zero-order valence-electron chi connectivity index (χ0n) is 10.8. The van der Waals surface area contributed by atoms with Gasteiger partial charge in [-0.15, -0.1) is 0 Å². The highest BCUT2D eigenvalue weighted by Gasteiger charge is 2.20. The third-order valence-electron chi connectivity index (χ3n) is 4.04. The second kappa shape index (κ2) is 5.29. The van der Waals surface area contributed by atoms with Gasteiger partial charge in [0.05, 0.1) is 6.10 Å². The summed E-state index contributed by atoms with van der Waals surface area (Å²) in [5.41, 5.74) is 2.34. The zero-order valence-corrected chi connectivity index (χ0v) is 10.8. The van der Waals surface area contributed by atoms with Gasteiger partial charge in [0.15, 0.2) is 0 Å². The summed E-state index contributed by atoms with van der Waals surface area (Å²) in [6.45, 7) is 4.24. The minimum atomic E-state index is -0.265. The average molecular weight is 247 g/mol. The lowest BCUT2D eigenvalue weighted by molar-refractivity contribution is 0.180. The first kappa shape index (κ1) is 12.0. The van der Waals surface area contributed by atoms with Gasteiger partial charge in [-0.3, -0.25) is 4.90 Å². The highest BCUT2D eigenvalue weighted by atomic mass is 16.5. The third-order valence-corrected chi connectivity index (χ3v) is 4.04. The zero-order chi connectivity index (χ0) is 12.4. The lowest BCUT2D eigenvalue weighted by atomic mass is 10.1. The lowest BCUT2D eigenvalue weighted by Gasteiger charge is -2.15. The third kappa shape index (κ3) is 2.52. The standard InChI is InChI=1S/C15H21NO2/c17-15-6-3-12-11-13(4-5-14(12)15)18-10-9-16-7-1-2-8-16/h4-5,11,15,17H,1-3,6-10H2. The van der Waals surface area contributed by atoms with Crippen LogP contribution in [0.25, 0.3) is 0 Å². The molecule has 1 N–H and O–H groups in total. The molecule has 3 nitrogen and oxygen atoms in total. The van der Waals surface area contributed by atoms with Crippen molar-refractivity contribution in [3.63, 3.8) is 0 Å². The highest BCUT2D eigenvalue weighted by Crippen LogP contribution is 2.33. The molecule has 1 aromatic carbocycles. The Morgan fingerprint density at radius 1 is 1.28 bits per heavy atom. The van der Waals surface area contributed by atoms with Crippen LogP contribution in [0.4, 0.5) is 0 Å². The summed E-state index contributed by atoms with van der Waals surface area (Å²) in [6.07, 6.45) is 4.22. The first-order valence-corrected chi connectivity index (χ1v) is 6.99. The summed E-state index contributed by atoms with van der Waals surface area (Å²) >= 11 is 0. The monoisotopic (exact) mass is 247 g/mol. The molecule has 1 aliphatic carbocycles. The van der Waals surface area contributed by atoms with Crippen molar-refractivity contribution in [2.75, 3.05) is 26.2 Å². The number of rotatable bonds is 4. The van der Waals surface area contributed by atoms with Crippen LogP contribution in [0.15, 0.2) is 18.2 Å². The summed E-state index contributed by atoms with van der Waals surface area (Å²) in [4.78, 5) is 2.46. The first-order chi connectivity index (χ1) is 8.83. The Labute approximate surface area is 108 Å². The molecule has 0 aromatic heterocycles. The van der Waals surface area contributed by atoms with Crippen molar-refractivity contribution < 1.29 is 9.84 Å². The number of ether oxygens (including phenoxy) is 1. The van der Waals surface area contributed by atoms with Gasteiger partial charge in [-0.25, -0.2) is 0 Å². The summed E-state index contributed by atoms with van der Waals surface area (Å²) in [7, 11) is 0. The fourth-order valence-electron chi connectivity index (χ4n) is 2.96. The van der Waals surface area contributed by atoms with Crippen molar-refractivity contribution in [1.82, 2.24) is 4.90 Å². The highest BCUT2D eigenvalue weighted by molar-refractivity contribution is 5.39. The predicted octanol–water partition coefficient (Wildman–Crippen LogP) is 2.14. The van der Waals surface area contributed by atoms with E-state index >= 15 is 0 Å². The van der Waals surface area contributed by atoms with Crippen molar-refractivity contribution in [2.24, 2.45) is 0 Å². The topological polar surface area (TPSA) is 32.7 Å². The Balaban J connectivity index is 1.53. The van der Waals surface area contributed by atoms with Crippen molar-refractivity contribution in [3.8, 4) is 5.75 Å². The molecule has 1 aromatic rings. The molecule has 0 amide bonds. The molecule has 18 heavy (non-hydrogen) atoms. The van der Waals surface area contributed by atoms with E-state index in [1.54, 1.807) is 0 Å². The smallest absolute Gasteiger partial charge is 0.119 e. The predicted molar refractivity (Wildman–Crippen MR) is 70.9 cm³/mol. The minimum absolute atomic E-state index is 0.265. The van der Waals surface area contributed by atoms with Crippen molar-refractivity contribution in [1.29, 1.82) is 0 Å². The van der Waals surface area contributed by atoms with Crippen LogP contribution in [-0.4, -0.2) is 36.2 Å². The summed E-state index contributed by atoms with van der Waals surface area (Å²) in [5.74, 6) is 0.946. The Hall–Kier alpha value is -1.06. The van der Waals surface area contributed by atoms with E-state index in [1.165, 1.54) is 31.5 Å². The molecule has 1 saturated heterocycles. The van der Waals surface area contributed by atoms with Gasteiger partial charge in [-0.1, -0.05) is 6.07 Å². The van der Waals surface area contributed by atoms with Gasteiger partial charge in [0, 0.05) is 6.54 Å². The number of aliphatic hydroxyl groups is 1. The Morgan fingerprint density at radius 2 is 2.11 bits per heavy atom. The molecule has 0 saturated carbocycles. The minimum Gasteiger partial charge on any atom is -0.492 e. The number of hydrogen-bond acceptors (Lipinski definition) is 3. The van der Waals surface area contributed by atoms with Crippen LogP contribution in [0, 0.1) is 0 Å². The molecule has 2 aliphatic rings. The molecule has 3 rings (SSSR count). The fraction of sp³-hybridized carbons (Fsp3) is 0.600. The number of nitrogens with zero attached hydrogens (tertiary/aromatic N) is 1. The molecule has 1 heterocycles. The van der Waals surface area contributed by atoms with E-state index in [2.05, 4.69) is 11.0 Å². The second-order valence-electron chi connectivity index (χ2n) is 5.31. The van der Waals surface area contributed by atoms with E-state index in [9.17, 15) is 5.11 Å². The van der Waals surface area contributed by atoms with Gasteiger partial charge in [0.1, 0.15) is 12.4 Å². The molecule has 98 valence electrons. The number of aryl methyl sites for hydroxylation is 1. The van der Waals surface area contributed by atoms with Crippen LogP contribution in [0.2, 0.25) is 0 Å². The maximum atomic E-state index is 9.74. The number of aliphatic hydroxyl groups excluding tert-OH is 1. The molecule has 1 fully saturated rings. The number of likely N-dealkylation sites (tertiary alicyclic amines) is 1. The fourth-order valence-corrected chi connectivity index (χ4v) is 2.96. The molecular weight excluding hydrogens is 226 g/mol. The summed E-state index contributed by atoms with van der Waals surface area (Å²) < 4.78 is 5.81.